The molecule has 6 amide bonds. The Morgan fingerprint density at radius 1 is 0.841 bits per heavy atom. The highest BCUT2D eigenvalue weighted by Crippen LogP contribution is 2.21. The molecule has 1 aromatic carbocycles. The summed E-state index contributed by atoms with van der Waals surface area (Å²) in [6.45, 7) is 10.7. The van der Waals surface area contributed by atoms with Crippen molar-refractivity contribution >= 4 is 47.4 Å². The first kappa shape index (κ1) is 51.1. The molecule has 1 fully saturated rings. The number of hydrogen-bond donors (Lipinski definition) is 11. The van der Waals surface area contributed by atoms with E-state index in [0.29, 0.717) is 30.5 Å². The summed E-state index contributed by atoms with van der Waals surface area (Å²) in [6, 6.07) is -2.03. The molecule has 3 rings (SSSR count). The van der Waals surface area contributed by atoms with Crippen molar-refractivity contribution in [2.45, 2.75) is 129 Å². The zero-order valence-corrected chi connectivity index (χ0v) is 36.9. The Bertz CT molecular complexity index is 1890. The van der Waals surface area contributed by atoms with Gasteiger partial charge in [-0.05, 0) is 61.1 Å². The summed E-state index contributed by atoms with van der Waals surface area (Å²) in [7, 11) is 0. The third-order valence-corrected chi connectivity index (χ3v) is 11.0. The largest absolute Gasteiger partial charge is 0.508 e. The Hall–Kier alpha value is -6.25. The number of amides is 6. The van der Waals surface area contributed by atoms with E-state index in [2.05, 4.69) is 41.5 Å². The van der Waals surface area contributed by atoms with Gasteiger partial charge < -0.3 is 63.9 Å². The smallest absolute Gasteiger partial charge is 0.326 e. The van der Waals surface area contributed by atoms with Crippen LogP contribution < -0.4 is 43.8 Å². The summed E-state index contributed by atoms with van der Waals surface area (Å²) < 4.78 is 0. The number of aliphatic imine (C=N–C) groups is 1. The SMILES string of the molecule is CC[C@H](C)[C@H](NC(=O)[C@@H]1CCCN1C(=O)[C@H](Cc1cnc[nH]1)NC(=O)[C@@H](NC(=O)[C@H](Cc1ccc(O)cc1)NC(=O)[C@@H](NC(=O)[C@@H](N)CCCN=C(N)N)C(C)C)C(C)C)C(=O)O. The molecule has 0 saturated carbocycles. The molecule has 63 heavy (non-hydrogen) atoms. The lowest BCUT2D eigenvalue weighted by molar-refractivity contribution is -0.146. The molecule has 1 saturated heterocycles. The van der Waals surface area contributed by atoms with Gasteiger partial charge in [0, 0.05) is 37.8 Å². The molecule has 8 atom stereocenters. The lowest BCUT2D eigenvalue weighted by Gasteiger charge is -2.32. The van der Waals surface area contributed by atoms with E-state index in [1.165, 1.54) is 29.6 Å². The van der Waals surface area contributed by atoms with Gasteiger partial charge in [0.25, 0.3) is 0 Å². The molecular formula is C42H66N12O9. The minimum absolute atomic E-state index is 0.0202. The monoisotopic (exact) mass is 883 g/mol. The highest BCUT2D eigenvalue weighted by Gasteiger charge is 2.41. The second-order valence-electron chi connectivity index (χ2n) is 16.7. The molecule has 21 heteroatoms. The molecule has 2 aromatic rings. The average molecular weight is 883 g/mol. The van der Waals surface area contributed by atoms with Gasteiger partial charge in [-0.25, -0.2) is 9.78 Å². The second kappa shape index (κ2) is 24.4. The summed E-state index contributed by atoms with van der Waals surface area (Å²) in [5.41, 5.74) is 17.9. The minimum atomic E-state index is -1.29. The molecule has 0 aliphatic carbocycles. The quantitative estimate of drug-likeness (QED) is 0.0348. The zero-order chi connectivity index (χ0) is 47.0. The lowest BCUT2D eigenvalue weighted by atomic mass is 9.98. The summed E-state index contributed by atoms with van der Waals surface area (Å²) >= 11 is 0. The van der Waals surface area contributed by atoms with Gasteiger partial charge >= 0.3 is 5.97 Å². The van der Waals surface area contributed by atoms with Crippen molar-refractivity contribution in [1.29, 1.82) is 0 Å². The molecule has 1 aromatic heterocycles. The highest BCUT2D eigenvalue weighted by molar-refractivity contribution is 5.97. The summed E-state index contributed by atoms with van der Waals surface area (Å²) in [5.74, 6) is -6.64. The number of carboxylic acids is 1. The van der Waals surface area contributed by atoms with Crippen LogP contribution in [0.5, 0.6) is 5.75 Å². The molecule has 1 aliphatic rings. The van der Waals surface area contributed by atoms with E-state index in [1.54, 1.807) is 46.8 Å². The Morgan fingerprint density at radius 2 is 1.44 bits per heavy atom. The van der Waals surface area contributed by atoms with E-state index in [0.717, 1.165) is 0 Å². The predicted molar refractivity (Wildman–Crippen MR) is 233 cm³/mol. The van der Waals surface area contributed by atoms with Crippen LogP contribution in [-0.2, 0) is 46.4 Å². The number of aromatic nitrogens is 2. The fraction of sp³-hybridized carbons (Fsp3) is 0.595. The number of hydrogen-bond acceptors (Lipinski definition) is 11. The van der Waals surface area contributed by atoms with Gasteiger partial charge in [-0.3, -0.25) is 33.8 Å². The van der Waals surface area contributed by atoms with Crippen molar-refractivity contribution in [2.75, 3.05) is 13.1 Å². The maximum atomic E-state index is 14.3. The van der Waals surface area contributed by atoms with Crippen LogP contribution in [0.15, 0.2) is 41.8 Å². The minimum Gasteiger partial charge on any atom is -0.508 e. The van der Waals surface area contributed by atoms with Crippen LogP contribution in [0.1, 0.15) is 84.9 Å². The Balaban J connectivity index is 1.86. The number of carboxylic acid groups (broad SMARTS) is 1. The molecule has 1 aliphatic heterocycles. The third-order valence-electron chi connectivity index (χ3n) is 11.0. The molecular weight excluding hydrogens is 817 g/mol. The summed E-state index contributed by atoms with van der Waals surface area (Å²) in [6.07, 6.45) is 4.64. The number of H-pyrrole nitrogens is 1. The van der Waals surface area contributed by atoms with E-state index in [-0.39, 0.29) is 56.4 Å². The number of imidazole rings is 1. The van der Waals surface area contributed by atoms with Crippen LogP contribution in [0, 0.1) is 17.8 Å². The molecule has 0 bridgehead atoms. The van der Waals surface area contributed by atoms with Crippen LogP contribution in [0.2, 0.25) is 0 Å². The maximum absolute atomic E-state index is 14.3. The Morgan fingerprint density at radius 3 is 1.98 bits per heavy atom. The molecule has 0 spiro atoms. The average Bonchev–Trinajstić information content (AvgIpc) is 3.94. The maximum Gasteiger partial charge on any atom is 0.326 e. The number of nitrogens with one attached hydrogen (secondary N) is 6. The number of aliphatic carboxylic acids is 1. The van der Waals surface area contributed by atoms with E-state index in [4.69, 9.17) is 17.2 Å². The van der Waals surface area contributed by atoms with E-state index in [1.807, 2.05) is 6.92 Å². The summed E-state index contributed by atoms with van der Waals surface area (Å²) in [4.78, 5) is 107. The number of carbonyl (C=O) groups is 7. The first-order valence-corrected chi connectivity index (χ1v) is 21.3. The van der Waals surface area contributed by atoms with Gasteiger partial charge in [0.1, 0.15) is 42.0 Å². The van der Waals surface area contributed by atoms with Crippen LogP contribution >= 0.6 is 0 Å². The second-order valence-corrected chi connectivity index (χ2v) is 16.7. The number of guanidine groups is 1. The fourth-order valence-corrected chi connectivity index (χ4v) is 7.09. The number of phenolic OH excluding ortho intramolecular Hbond substituents is 1. The zero-order valence-electron chi connectivity index (χ0n) is 36.9. The molecule has 21 nitrogen and oxygen atoms in total. The molecule has 14 N–H and O–H groups in total. The van der Waals surface area contributed by atoms with Gasteiger partial charge in [-0.2, -0.15) is 0 Å². The summed E-state index contributed by atoms with van der Waals surface area (Å²) in [5, 5.41) is 33.2. The Labute approximate surface area is 367 Å². The van der Waals surface area contributed by atoms with Gasteiger partial charge in [0.15, 0.2) is 5.96 Å². The van der Waals surface area contributed by atoms with Gasteiger partial charge in [0.2, 0.25) is 35.4 Å². The van der Waals surface area contributed by atoms with Crippen LogP contribution in [0.25, 0.3) is 0 Å². The number of nitrogens with two attached hydrogens (primary N) is 3. The first-order valence-electron chi connectivity index (χ1n) is 21.3. The number of phenols is 1. The van der Waals surface area contributed by atoms with Crippen LogP contribution in [0.4, 0.5) is 0 Å². The molecule has 0 radical (unpaired) electrons. The number of nitrogens with zero attached hydrogens (tertiary/aromatic N) is 3. The fourth-order valence-electron chi connectivity index (χ4n) is 7.09. The van der Waals surface area contributed by atoms with E-state index in [9.17, 15) is 43.8 Å². The molecule has 0 unspecified atom stereocenters. The number of benzene rings is 1. The topological polar surface area (TPSA) is 342 Å². The Kier molecular flexibility index (Phi) is 19.8. The normalized spacial score (nSPS) is 17.0. The number of aromatic amines is 1. The third kappa shape index (κ3) is 15.6. The number of carbonyl (C=O) groups excluding carboxylic acids is 6. The van der Waals surface area contributed by atoms with Crippen molar-refractivity contribution in [2.24, 2.45) is 39.9 Å². The van der Waals surface area contributed by atoms with Crippen molar-refractivity contribution in [3.8, 4) is 5.75 Å². The van der Waals surface area contributed by atoms with Gasteiger partial charge in [-0.1, -0.05) is 60.1 Å². The first-order chi connectivity index (χ1) is 29.7. The van der Waals surface area contributed by atoms with E-state index >= 15 is 0 Å². The number of rotatable bonds is 24. The van der Waals surface area contributed by atoms with Crippen molar-refractivity contribution in [3.05, 3.63) is 48.0 Å². The van der Waals surface area contributed by atoms with Crippen molar-refractivity contribution in [1.82, 2.24) is 41.5 Å². The van der Waals surface area contributed by atoms with Crippen LogP contribution in [-0.4, -0.2) is 128 Å². The molecule has 348 valence electrons. The van der Waals surface area contributed by atoms with Crippen molar-refractivity contribution in [3.63, 3.8) is 0 Å². The van der Waals surface area contributed by atoms with E-state index < -0.39 is 95.5 Å². The van der Waals surface area contributed by atoms with Crippen molar-refractivity contribution < 1.29 is 43.8 Å². The van der Waals surface area contributed by atoms with Gasteiger partial charge in [0.05, 0.1) is 12.4 Å². The highest BCUT2D eigenvalue weighted by atomic mass is 16.4. The van der Waals surface area contributed by atoms with Gasteiger partial charge in [-0.15, -0.1) is 0 Å². The standard InChI is InChI=1S/C42H66N12O9/c1-7-24(6)34(41(62)63)53-37(58)31-11-9-17-54(31)40(61)30(19-26-20-46-21-48-26)50-39(60)33(23(4)5)52-36(57)29(18-25-12-14-27(55)15-13-25)49-38(59)32(22(2)3)51-35(56)28(43)10-8-16-47-42(44)45/h12-15,20-24,28-34,55H,7-11,16-19,43H2,1-6H3,(H,46,48)(H,49,59)(H,50,60)(H,51,56)(H,52,57)(H,53,58)(H,62,63)(H4,44,45,47)/t24-,28-,29-,30-,31-,32-,33-,34-/m0/s1. The predicted octanol–water partition coefficient (Wildman–Crippen LogP) is -0.861. The van der Waals surface area contributed by atoms with Crippen LogP contribution in [0.3, 0.4) is 0 Å². The lowest BCUT2D eigenvalue weighted by Crippen LogP contribution is -2.61. The number of aromatic hydroxyl groups is 1. The molecule has 2 heterocycles. The number of likely N-dealkylation sites (tertiary alicyclic amines) is 1.